The molecule has 0 bridgehead atoms. The molecule has 0 aliphatic rings. The van der Waals surface area contributed by atoms with E-state index in [0.717, 1.165) is 11.5 Å². The molecule has 8 heteroatoms. The molecule has 2 N–H and O–H groups in total. The van der Waals surface area contributed by atoms with Crippen LogP contribution >= 0.6 is 0 Å². The molecule has 0 fully saturated rings. The number of amides is 1. The fourth-order valence-corrected chi connectivity index (χ4v) is 3.20. The largest absolute Gasteiger partial charge is 0.453 e. The Kier molecular flexibility index (Phi) is 5.06. The van der Waals surface area contributed by atoms with Gasteiger partial charge in [-0.15, -0.1) is 0 Å². The first kappa shape index (κ1) is 20.3. The monoisotopic (exact) mass is 420 g/mol. The van der Waals surface area contributed by atoms with Crippen LogP contribution in [0.25, 0.3) is 11.0 Å². The van der Waals surface area contributed by atoms with E-state index >= 15 is 0 Å². The van der Waals surface area contributed by atoms with Crippen molar-refractivity contribution in [2.45, 2.75) is 26.3 Å². The van der Waals surface area contributed by atoms with Gasteiger partial charge in [0, 0.05) is 35.9 Å². The van der Waals surface area contributed by atoms with Crippen LogP contribution in [0, 0.1) is 5.82 Å². The van der Waals surface area contributed by atoms with Gasteiger partial charge in [0.15, 0.2) is 11.6 Å². The summed E-state index contributed by atoms with van der Waals surface area (Å²) in [5, 5.41) is 3.29. The van der Waals surface area contributed by atoms with Gasteiger partial charge in [0.2, 0.25) is 0 Å². The van der Waals surface area contributed by atoms with Crippen LogP contribution in [-0.4, -0.2) is 20.4 Å². The highest BCUT2D eigenvalue weighted by atomic mass is 19.1. The third kappa shape index (κ3) is 4.05. The first-order valence-corrected chi connectivity index (χ1v) is 9.67. The second-order valence-corrected chi connectivity index (χ2v) is 8.02. The first-order valence-electron chi connectivity index (χ1n) is 9.67. The summed E-state index contributed by atoms with van der Waals surface area (Å²) in [7, 11) is 0. The van der Waals surface area contributed by atoms with E-state index in [4.69, 9.17) is 4.74 Å². The van der Waals surface area contributed by atoms with Crippen molar-refractivity contribution < 1.29 is 13.9 Å². The van der Waals surface area contributed by atoms with E-state index in [1.54, 1.807) is 36.8 Å². The number of nitrogens with one attached hydrogen (secondary N) is 2. The van der Waals surface area contributed by atoms with Gasteiger partial charge in [0.05, 0.1) is 5.39 Å². The zero-order valence-electron chi connectivity index (χ0n) is 17.3. The Morgan fingerprint density at radius 3 is 2.71 bits per heavy atom. The lowest BCUT2D eigenvalue weighted by Gasteiger charge is -2.22. The zero-order chi connectivity index (χ0) is 22.2. The number of halogens is 1. The van der Waals surface area contributed by atoms with Crippen LogP contribution in [0.15, 0.2) is 65.8 Å². The van der Waals surface area contributed by atoms with Crippen LogP contribution in [0.1, 0.15) is 31.1 Å². The van der Waals surface area contributed by atoms with Gasteiger partial charge in [-0.05, 0) is 57.2 Å². The zero-order valence-corrected chi connectivity index (χ0v) is 17.3. The predicted molar refractivity (Wildman–Crippen MR) is 116 cm³/mol. The van der Waals surface area contributed by atoms with Gasteiger partial charge in [-0.2, -0.15) is 0 Å². The molecule has 4 aromatic rings. The average Bonchev–Trinajstić information content (AvgIpc) is 3.19. The van der Waals surface area contributed by atoms with Crippen LogP contribution in [0.3, 0.4) is 0 Å². The number of fused-ring (bicyclic) bond motifs is 1. The topological polar surface area (TPSA) is 89.0 Å². The Labute approximate surface area is 177 Å². The highest BCUT2D eigenvalue weighted by Gasteiger charge is 2.19. The van der Waals surface area contributed by atoms with Gasteiger partial charge in [0.1, 0.15) is 17.0 Å². The van der Waals surface area contributed by atoms with Gasteiger partial charge in [0.25, 0.3) is 11.5 Å². The molecule has 0 aliphatic carbocycles. The van der Waals surface area contributed by atoms with E-state index in [9.17, 15) is 14.0 Å². The molecule has 3 aromatic heterocycles. The Morgan fingerprint density at radius 2 is 1.97 bits per heavy atom. The van der Waals surface area contributed by atoms with Crippen LogP contribution in [0.5, 0.6) is 11.5 Å². The molecule has 0 atom stereocenters. The molecule has 1 amide bonds. The SMILES string of the molecule is CC(C)(C)n1cccc(C(=O)Nc2ccc(Oc3ccnc4[nH]ccc34)c(F)c2)c1=O. The van der Waals surface area contributed by atoms with Crippen molar-refractivity contribution in [3.63, 3.8) is 0 Å². The average molecular weight is 420 g/mol. The first-order chi connectivity index (χ1) is 14.7. The maximum Gasteiger partial charge on any atom is 0.263 e. The molecular weight excluding hydrogens is 399 g/mol. The second-order valence-electron chi connectivity index (χ2n) is 8.02. The van der Waals surface area contributed by atoms with Crippen molar-refractivity contribution in [1.29, 1.82) is 0 Å². The van der Waals surface area contributed by atoms with Crippen molar-refractivity contribution in [3.8, 4) is 11.5 Å². The highest BCUT2D eigenvalue weighted by molar-refractivity contribution is 6.04. The number of aromatic amines is 1. The minimum atomic E-state index is -0.654. The van der Waals surface area contributed by atoms with Crippen LogP contribution in [-0.2, 0) is 5.54 Å². The molecule has 4 rings (SSSR count). The number of anilines is 1. The highest BCUT2D eigenvalue weighted by Crippen LogP contribution is 2.31. The maximum absolute atomic E-state index is 14.6. The minimum absolute atomic E-state index is 0.00139. The lowest BCUT2D eigenvalue weighted by Crippen LogP contribution is -2.37. The van der Waals surface area contributed by atoms with E-state index in [1.165, 1.54) is 22.8 Å². The van der Waals surface area contributed by atoms with Crippen molar-refractivity contribution in [2.24, 2.45) is 0 Å². The van der Waals surface area contributed by atoms with Crippen LogP contribution < -0.4 is 15.6 Å². The summed E-state index contributed by atoms with van der Waals surface area (Å²) in [6.45, 7) is 5.61. The molecule has 1 aromatic carbocycles. The lowest BCUT2D eigenvalue weighted by atomic mass is 10.1. The summed E-state index contributed by atoms with van der Waals surface area (Å²) in [4.78, 5) is 32.4. The molecule has 0 saturated carbocycles. The standard InChI is InChI=1S/C23H21FN4O3/c1-23(2,3)28-12-4-5-16(22(28)30)21(29)27-14-6-7-19(17(24)13-14)31-18-9-11-26-20-15(18)8-10-25-20/h4-13H,1-3H3,(H,25,26)(H,27,29). The lowest BCUT2D eigenvalue weighted by molar-refractivity contribution is 0.102. The Hall–Kier alpha value is -3.94. The number of H-pyrrole nitrogens is 1. The number of nitrogens with zero attached hydrogens (tertiary/aromatic N) is 2. The third-order valence-corrected chi connectivity index (χ3v) is 4.74. The van der Waals surface area contributed by atoms with Crippen molar-refractivity contribution in [1.82, 2.24) is 14.5 Å². The van der Waals surface area contributed by atoms with E-state index in [1.807, 2.05) is 20.8 Å². The number of carbonyl (C=O) groups excluding carboxylic acids is 1. The van der Waals surface area contributed by atoms with Crippen LogP contribution in [0.4, 0.5) is 10.1 Å². The van der Waals surface area contributed by atoms with Gasteiger partial charge >= 0.3 is 0 Å². The number of hydrogen-bond acceptors (Lipinski definition) is 4. The van der Waals surface area contributed by atoms with E-state index in [-0.39, 0.29) is 17.0 Å². The van der Waals surface area contributed by atoms with E-state index in [2.05, 4.69) is 15.3 Å². The van der Waals surface area contributed by atoms with Crippen LogP contribution in [0.2, 0.25) is 0 Å². The maximum atomic E-state index is 14.6. The van der Waals surface area contributed by atoms with Crippen molar-refractivity contribution in [3.05, 3.63) is 82.8 Å². The number of ether oxygens (including phenoxy) is 1. The summed E-state index contributed by atoms with van der Waals surface area (Å²) in [6, 6.07) is 10.6. The number of pyridine rings is 2. The predicted octanol–water partition coefficient (Wildman–Crippen LogP) is 4.66. The second kappa shape index (κ2) is 7.71. The van der Waals surface area contributed by atoms with Crippen molar-refractivity contribution in [2.75, 3.05) is 5.32 Å². The molecule has 0 unspecified atom stereocenters. The summed E-state index contributed by atoms with van der Waals surface area (Å²) in [5.74, 6) is -0.811. The van der Waals surface area contributed by atoms with E-state index < -0.39 is 22.8 Å². The fourth-order valence-electron chi connectivity index (χ4n) is 3.20. The number of rotatable bonds is 4. The van der Waals surface area contributed by atoms with Gasteiger partial charge in [-0.3, -0.25) is 9.59 Å². The summed E-state index contributed by atoms with van der Waals surface area (Å²) < 4.78 is 21.8. The molecule has 31 heavy (non-hydrogen) atoms. The molecule has 158 valence electrons. The normalized spacial score (nSPS) is 11.5. The number of aromatic nitrogens is 3. The quantitative estimate of drug-likeness (QED) is 0.502. The van der Waals surface area contributed by atoms with Crippen molar-refractivity contribution >= 4 is 22.6 Å². The van der Waals surface area contributed by atoms with Gasteiger partial charge in [-0.25, -0.2) is 9.37 Å². The number of benzene rings is 1. The summed E-state index contributed by atoms with van der Waals surface area (Å²) >= 11 is 0. The molecule has 0 saturated heterocycles. The molecule has 0 radical (unpaired) electrons. The smallest absolute Gasteiger partial charge is 0.263 e. The molecular formula is C23H21FN4O3. The number of carbonyl (C=O) groups is 1. The Bertz CT molecular complexity index is 1330. The Morgan fingerprint density at radius 1 is 1.16 bits per heavy atom. The third-order valence-electron chi connectivity index (χ3n) is 4.74. The summed E-state index contributed by atoms with van der Waals surface area (Å²) in [5.41, 5.74) is -0.0746. The molecule has 3 heterocycles. The molecule has 0 aliphatic heterocycles. The molecule has 0 spiro atoms. The molecule has 7 nitrogen and oxygen atoms in total. The fraction of sp³-hybridized carbons (Fsp3) is 0.174. The number of hydrogen-bond donors (Lipinski definition) is 2. The Balaban J connectivity index is 1.56. The van der Waals surface area contributed by atoms with Gasteiger partial charge < -0.3 is 19.6 Å². The van der Waals surface area contributed by atoms with Gasteiger partial charge in [-0.1, -0.05) is 0 Å². The minimum Gasteiger partial charge on any atom is -0.453 e. The summed E-state index contributed by atoms with van der Waals surface area (Å²) in [6.07, 6.45) is 4.91. The van der Waals surface area contributed by atoms with E-state index in [0.29, 0.717) is 11.4 Å².